The maximum Gasteiger partial charge on any atom is 0.0547 e. The van der Waals surface area contributed by atoms with Gasteiger partial charge in [0.2, 0.25) is 0 Å². The van der Waals surface area contributed by atoms with Gasteiger partial charge < -0.3 is 9.47 Å². The summed E-state index contributed by atoms with van der Waals surface area (Å²) in [7, 11) is 0. The van der Waals surface area contributed by atoms with E-state index in [2.05, 4.69) is 264 Å². The first-order valence-corrected chi connectivity index (χ1v) is 22.0. The fraction of sp³-hybridized carbons (Fsp3) is 0. The lowest BCUT2D eigenvalue weighted by atomic mass is 9.94. The van der Waals surface area contributed by atoms with Gasteiger partial charge in [-0.25, -0.2) is 0 Å². The molecule has 0 fully saturated rings. The highest BCUT2D eigenvalue weighted by Gasteiger charge is 2.18. The number of nitrogens with zero attached hydrogens (tertiary/aromatic N) is 2. The molecule has 0 N–H and O–H groups in total. The molecule has 12 aromatic rings. The average Bonchev–Trinajstić information content (AvgIpc) is 3.71. The van der Waals surface area contributed by atoms with Crippen molar-refractivity contribution in [1.29, 1.82) is 0 Å². The molecular formula is C62H42N2. The Hall–Kier alpha value is -8.46. The molecule has 12 rings (SSSR count). The fourth-order valence-electron chi connectivity index (χ4n) is 9.67. The van der Waals surface area contributed by atoms with E-state index in [9.17, 15) is 0 Å². The fourth-order valence-corrected chi connectivity index (χ4v) is 9.67. The van der Waals surface area contributed by atoms with E-state index in [1.165, 1.54) is 82.3 Å². The second-order valence-corrected chi connectivity index (χ2v) is 16.5. The van der Waals surface area contributed by atoms with Crippen LogP contribution in [0.4, 0.5) is 17.1 Å². The van der Waals surface area contributed by atoms with E-state index in [4.69, 9.17) is 0 Å². The molecule has 11 aromatic carbocycles. The quantitative estimate of drug-likeness (QED) is 0.139. The zero-order chi connectivity index (χ0) is 42.4. The third kappa shape index (κ3) is 6.61. The first-order valence-electron chi connectivity index (χ1n) is 22.0. The van der Waals surface area contributed by atoms with Crippen LogP contribution in [-0.4, -0.2) is 4.57 Å². The van der Waals surface area contributed by atoms with Gasteiger partial charge in [0.1, 0.15) is 0 Å². The third-order valence-corrected chi connectivity index (χ3v) is 12.8. The van der Waals surface area contributed by atoms with Crippen molar-refractivity contribution in [3.63, 3.8) is 0 Å². The second-order valence-electron chi connectivity index (χ2n) is 16.5. The molecule has 0 spiro atoms. The van der Waals surface area contributed by atoms with Crippen LogP contribution in [0.2, 0.25) is 0 Å². The lowest BCUT2D eigenvalue weighted by Gasteiger charge is -2.27. The van der Waals surface area contributed by atoms with Crippen molar-refractivity contribution in [3.05, 3.63) is 255 Å². The van der Waals surface area contributed by atoms with Crippen molar-refractivity contribution in [1.82, 2.24) is 4.57 Å². The lowest BCUT2D eigenvalue weighted by Crippen LogP contribution is -2.10. The van der Waals surface area contributed by atoms with Gasteiger partial charge in [-0.05, 0) is 127 Å². The Balaban J connectivity index is 0.980. The van der Waals surface area contributed by atoms with E-state index < -0.39 is 0 Å². The smallest absolute Gasteiger partial charge is 0.0547 e. The average molecular weight is 815 g/mol. The number of rotatable bonds is 8. The summed E-state index contributed by atoms with van der Waals surface area (Å²) < 4.78 is 2.39. The van der Waals surface area contributed by atoms with Crippen LogP contribution in [0, 0.1) is 0 Å². The molecule has 300 valence electrons. The van der Waals surface area contributed by atoms with Crippen molar-refractivity contribution in [2.24, 2.45) is 0 Å². The number of anilines is 3. The van der Waals surface area contributed by atoms with Crippen LogP contribution in [0.3, 0.4) is 0 Å². The first kappa shape index (κ1) is 37.3. The van der Waals surface area contributed by atoms with E-state index in [0.29, 0.717) is 0 Å². The van der Waals surface area contributed by atoms with Crippen LogP contribution in [0.5, 0.6) is 0 Å². The minimum absolute atomic E-state index is 1.09. The van der Waals surface area contributed by atoms with Crippen LogP contribution in [0.1, 0.15) is 0 Å². The maximum absolute atomic E-state index is 2.40. The number of benzene rings is 11. The molecule has 0 aliphatic heterocycles. The summed E-state index contributed by atoms with van der Waals surface area (Å²) >= 11 is 0. The number of aromatic nitrogens is 1. The Morgan fingerprint density at radius 2 is 0.750 bits per heavy atom. The molecule has 0 bridgehead atoms. The highest BCUT2D eigenvalue weighted by molar-refractivity contribution is 6.12. The predicted octanol–water partition coefficient (Wildman–Crippen LogP) is 17.2. The van der Waals surface area contributed by atoms with Crippen LogP contribution >= 0.6 is 0 Å². The Morgan fingerprint density at radius 1 is 0.250 bits per heavy atom. The molecule has 0 unspecified atom stereocenters. The van der Waals surface area contributed by atoms with Gasteiger partial charge in [-0.3, -0.25) is 0 Å². The SMILES string of the molecule is c1ccc(-c2ccc(-c3ccc(N(c4cccc(-c5ccc6c7ccccc7n(-c7ccccc7)c6c5)c4)c4cccc(-c5cccc6c5ccc5ccccc56)c4)cc3)cc2)cc1. The Morgan fingerprint density at radius 3 is 1.50 bits per heavy atom. The molecule has 1 heterocycles. The Kier molecular flexibility index (Phi) is 9.20. The Labute approximate surface area is 373 Å². The summed E-state index contributed by atoms with van der Waals surface area (Å²) in [6.45, 7) is 0. The number of hydrogen-bond acceptors (Lipinski definition) is 1. The van der Waals surface area contributed by atoms with E-state index in [1.54, 1.807) is 0 Å². The zero-order valence-corrected chi connectivity index (χ0v) is 35.1. The van der Waals surface area contributed by atoms with E-state index in [1.807, 2.05) is 0 Å². The highest BCUT2D eigenvalue weighted by atomic mass is 15.1. The van der Waals surface area contributed by atoms with E-state index in [-0.39, 0.29) is 0 Å². The standard InChI is InChI=1S/C62H42N2/c1-3-14-43(15-4-1)44-28-30-45(31-29-44)46-32-36-52(37-33-46)63(54-22-12-18-50(41-54)56-25-13-26-57-55-23-8-7-16-47(55)34-38-58(56)57)53-21-11-17-48(40-53)49-35-39-60-59-24-9-10-27-61(59)64(62(60)42-49)51-19-5-2-6-20-51/h1-42H. The number of hydrogen-bond donors (Lipinski definition) is 0. The molecule has 0 atom stereocenters. The van der Waals surface area contributed by atoms with Crippen molar-refractivity contribution >= 4 is 60.4 Å². The van der Waals surface area contributed by atoms with Gasteiger partial charge in [0, 0.05) is 33.5 Å². The molecule has 1 aromatic heterocycles. The third-order valence-electron chi connectivity index (χ3n) is 12.8. The first-order chi connectivity index (χ1) is 31.7. The normalized spacial score (nSPS) is 11.4. The molecule has 2 nitrogen and oxygen atoms in total. The minimum atomic E-state index is 1.09. The molecule has 0 aliphatic carbocycles. The van der Waals surface area contributed by atoms with Gasteiger partial charge in [-0.1, -0.05) is 194 Å². The van der Waals surface area contributed by atoms with Gasteiger partial charge in [0.25, 0.3) is 0 Å². The summed E-state index contributed by atoms with van der Waals surface area (Å²) in [6.07, 6.45) is 0. The van der Waals surface area contributed by atoms with Gasteiger partial charge in [-0.2, -0.15) is 0 Å². The van der Waals surface area contributed by atoms with Crippen molar-refractivity contribution in [2.75, 3.05) is 4.90 Å². The van der Waals surface area contributed by atoms with Crippen LogP contribution < -0.4 is 4.90 Å². The van der Waals surface area contributed by atoms with Crippen molar-refractivity contribution in [3.8, 4) is 50.2 Å². The van der Waals surface area contributed by atoms with Crippen LogP contribution in [0.15, 0.2) is 255 Å². The van der Waals surface area contributed by atoms with E-state index in [0.717, 1.165) is 28.3 Å². The van der Waals surface area contributed by atoms with Gasteiger partial charge in [-0.15, -0.1) is 0 Å². The lowest BCUT2D eigenvalue weighted by molar-refractivity contribution is 1.18. The molecule has 0 saturated heterocycles. The van der Waals surface area contributed by atoms with Gasteiger partial charge in [0.05, 0.1) is 11.0 Å². The monoisotopic (exact) mass is 814 g/mol. The summed E-state index contributed by atoms with van der Waals surface area (Å²) in [4.78, 5) is 2.40. The van der Waals surface area contributed by atoms with Crippen molar-refractivity contribution < 1.29 is 0 Å². The minimum Gasteiger partial charge on any atom is -0.310 e. The predicted molar refractivity (Wildman–Crippen MR) is 272 cm³/mol. The Bertz CT molecular complexity index is 3640. The molecule has 0 amide bonds. The second kappa shape index (κ2) is 15.8. The van der Waals surface area contributed by atoms with Gasteiger partial charge in [0.15, 0.2) is 0 Å². The zero-order valence-electron chi connectivity index (χ0n) is 35.1. The molecule has 0 radical (unpaired) electrons. The summed E-state index contributed by atoms with van der Waals surface area (Å²) in [5.74, 6) is 0. The molecule has 0 saturated carbocycles. The van der Waals surface area contributed by atoms with Crippen LogP contribution in [-0.2, 0) is 0 Å². The van der Waals surface area contributed by atoms with E-state index >= 15 is 0 Å². The number of fused-ring (bicyclic) bond motifs is 6. The maximum atomic E-state index is 2.40. The van der Waals surface area contributed by atoms with Gasteiger partial charge >= 0.3 is 0 Å². The molecule has 64 heavy (non-hydrogen) atoms. The summed E-state index contributed by atoms with van der Waals surface area (Å²) in [5.41, 5.74) is 16.3. The summed E-state index contributed by atoms with van der Waals surface area (Å²) in [5, 5.41) is 7.53. The largest absolute Gasteiger partial charge is 0.310 e. The topological polar surface area (TPSA) is 8.17 Å². The summed E-state index contributed by atoms with van der Waals surface area (Å²) in [6, 6.07) is 92.7. The number of para-hydroxylation sites is 2. The van der Waals surface area contributed by atoms with Crippen molar-refractivity contribution in [2.45, 2.75) is 0 Å². The van der Waals surface area contributed by atoms with Crippen LogP contribution in [0.25, 0.3) is 93.5 Å². The highest BCUT2D eigenvalue weighted by Crippen LogP contribution is 2.42. The molecular weight excluding hydrogens is 773 g/mol. The molecule has 0 aliphatic rings. The molecule has 2 heteroatoms.